The van der Waals surface area contributed by atoms with Gasteiger partial charge in [0.25, 0.3) is 10.1 Å². The van der Waals surface area contributed by atoms with Crippen molar-refractivity contribution in [3.63, 3.8) is 0 Å². The molecule has 6 heteroatoms. The molecular formula is C15H17NO4S. The van der Waals surface area contributed by atoms with Gasteiger partial charge in [-0.1, -0.05) is 37.6 Å². The van der Waals surface area contributed by atoms with Gasteiger partial charge in [0.05, 0.1) is 0 Å². The van der Waals surface area contributed by atoms with Crippen LogP contribution >= 0.6 is 0 Å². The molecule has 0 aliphatic carbocycles. The molecule has 0 radical (unpaired) electrons. The van der Waals surface area contributed by atoms with Gasteiger partial charge < -0.3 is 5.32 Å². The van der Waals surface area contributed by atoms with E-state index in [0.29, 0.717) is 22.9 Å². The molecule has 0 fully saturated rings. The van der Waals surface area contributed by atoms with E-state index < -0.39 is 10.1 Å². The van der Waals surface area contributed by atoms with Gasteiger partial charge in [-0.3, -0.25) is 9.35 Å². The second kappa shape index (κ2) is 6.24. The van der Waals surface area contributed by atoms with Crippen molar-refractivity contribution in [2.75, 3.05) is 5.32 Å². The fraction of sp³-hybridized carbons (Fsp3) is 0.267. The summed E-state index contributed by atoms with van der Waals surface area (Å²) in [5, 5.41) is 3.68. The lowest BCUT2D eigenvalue weighted by molar-refractivity contribution is -0.116. The van der Waals surface area contributed by atoms with Crippen molar-refractivity contribution < 1.29 is 17.8 Å². The molecule has 2 aromatic rings. The Hall–Kier alpha value is -1.92. The normalized spacial score (nSPS) is 11.5. The van der Waals surface area contributed by atoms with E-state index in [9.17, 15) is 17.8 Å². The second-order valence-electron chi connectivity index (χ2n) is 4.79. The van der Waals surface area contributed by atoms with Crippen LogP contribution in [0.2, 0.25) is 0 Å². The third-order valence-electron chi connectivity index (χ3n) is 3.18. The predicted octanol–water partition coefficient (Wildman–Crippen LogP) is 3.22. The first-order chi connectivity index (χ1) is 9.93. The Morgan fingerprint density at radius 2 is 1.86 bits per heavy atom. The number of unbranched alkanes of at least 4 members (excludes halogenated alkanes) is 1. The maximum absolute atomic E-state index is 11.9. The van der Waals surface area contributed by atoms with E-state index in [1.807, 2.05) is 6.92 Å². The van der Waals surface area contributed by atoms with Gasteiger partial charge in [-0.2, -0.15) is 8.42 Å². The fourth-order valence-electron chi connectivity index (χ4n) is 2.18. The molecule has 0 bridgehead atoms. The van der Waals surface area contributed by atoms with Crippen LogP contribution in [0.4, 0.5) is 5.69 Å². The first kappa shape index (κ1) is 15.5. The van der Waals surface area contributed by atoms with Crippen LogP contribution in [0.3, 0.4) is 0 Å². The topological polar surface area (TPSA) is 83.5 Å². The molecule has 0 aliphatic heterocycles. The monoisotopic (exact) mass is 307 g/mol. The van der Waals surface area contributed by atoms with Crippen molar-refractivity contribution in [1.82, 2.24) is 0 Å². The van der Waals surface area contributed by atoms with E-state index in [1.165, 1.54) is 6.07 Å². The van der Waals surface area contributed by atoms with Gasteiger partial charge in [-0.25, -0.2) is 0 Å². The third-order valence-corrected chi connectivity index (χ3v) is 4.07. The zero-order chi connectivity index (χ0) is 15.5. The minimum absolute atomic E-state index is 0.172. The Labute approximate surface area is 123 Å². The summed E-state index contributed by atoms with van der Waals surface area (Å²) in [7, 11) is -4.36. The van der Waals surface area contributed by atoms with E-state index in [-0.39, 0.29) is 10.8 Å². The lowest BCUT2D eigenvalue weighted by atomic mass is 10.1. The maximum atomic E-state index is 11.9. The van der Waals surface area contributed by atoms with Crippen LogP contribution in [0.5, 0.6) is 0 Å². The fourth-order valence-corrected chi connectivity index (χ4v) is 2.91. The number of benzene rings is 2. The third kappa shape index (κ3) is 3.59. The van der Waals surface area contributed by atoms with Crippen molar-refractivity contribution in [3.8, 4) is 0 Å². The number of rotatable bonds is 5. The highest BCUT2D eigenvalue weighted by Gasteiger charge is 2.17. The quantitative estimate of drug-likeness (QED) is 0.831. The smallest absolute Gasteiger partial charge is 0.295 e. The highest BCUT2D eigenvalue weighted by Crippen LogP contribution is 2.30. The van der Waals surface area contributed by atoms with Crippen LogP contribution in [0.25, 0.3) is 10.8 Å². The number of anilines is 1. The molecule has 0 unspecified atom stereocenters. The summed E-state index contributed by atoms with van der Waals surface area (Å²) >= 11 is 0. The van der Waals surface area contributed by atoms with Gasteiger partial charge in [-0.15, -0.1) is 0 Å². The minimum Gasteiger partial charge on any atom is -0.325 e. The second-order valence-corrected chi connectivity index (χ2v) is 6.18. The number of hydrogen-bond donors (Lipinski definition) is 2. The first-order valence-corrected chi connectivity index (χ1v) is 8.16. The largest absolute Gasteiger partial charge is 0.325 e. The van der Waals surface area contributed by atoms with E-state index in [2.05, 4.69) is 5.32 Å². The van der Waals surface area contributed by atoms with Crippen LogP contribution in [-0.2, 0) is 14.9 Å². The van der Waals surface area contributed by atoms with Crippen molar-refractivity contribution >= 4 is 32.5 Å². The van der Waals surface area contributed by atoms with E-state index >= 15 is 0 Å². The molecule has 0 atom stereocenters. The van der Waals surface area contributed by atoms with Gasteiger partial charge >= 0.3 is 0 Å². The van der Waals surface area contributed by atoms with Gasteiger partial charge in [0.2, 0.25) is 5.91 Å². The number of carbonyl (C=O) groups is 1. The van der Waals surface area contributed by atoms with Gasteiger partial charge in [0.1, 0.15) is 4.90 Å². The van der Waals surface area contributed by atoms with E-state index in [0.717, 1.165) is 12.8 Å². The minimum atomic E-state index is -4.36. The van der Waals surface area contributed by atoms with Crippen LogP contribution in [-0.4, -0.2) is 18.9 Å². The molecule has 5 nitrogen and oxygen atoms in total. The van der Waals surface area contributed by atoms with Crippen molar-refractivity contribution in [1.29, 1.82) is 0 Å². The molecule has 1 amide bonds. The number of hydrogen-bond acceptors (Lipinski definition) is 3. The summed E-state index contributed by atoms with van der Waals surface area (Å²) in [6.45, 7) is 1.99. The maximum Gasteiger partial charge on any atom is 0.295 e. The average Bonchev–Trinajstić information content (AvgIpc) is 2.44. The molecule has 2 aromatic carbocycles. The van der Waals surface area contributed by atoms with Gasteiger partial charge in [-0.05, 0) is 23.9 Å². The summed E-state index contributed by atoms with van der Waals surface area (Å²) < 4.78 is 32.3. The number of carbonyl (C=O) groups excluding carboxylic acids is 1. The number of amides is 1. The Bertz CT molecular complexity index is 763. The molecule has 0 heterocycles. The van der Waals surface area contributed by atoms with E-state index in [4.69, 9.17) is 0 Å². The highest BCUT2D eigenvalue weighted by atomic mass is 32.2. The summed E-state index contributed by atoms with van der Waals surface area (Å²) in [6, 6.07) is 9.68. The van der Waals surface area contributed by atoms with Gasteiger partial charge in [0.15, 0.2) is 0 Å². The van der Waals surface area contributed by atoms with Crippen molar-refractivity contribution in [2.24, 2.45) is 0 Å². The van der Waals surface area contributed by atoms with E-state index in [1.54, 1.807) is 30.3 Å². The summed E-state index contributed by atoms with van der Waals surface area (Å²) in [4.78, 5) is 11.7. The number of fused-ring (bicyclic) bond motifs is 1. The summed E-state index contributed by atoms with van der Waals surface area (Å²) in [6.07, 6.45) is 2.04. The zero-order valence-electron chi connectivity index (χ0n) is 11.7. The van der Waals surface area contributed by atoms with Crippen LogP contribution in [0.15, 0.2) is 41.3 Å². The molecule has 0 aromatic heterocycles. The SMILES string of the molecule is CCCCC(=O)Nc1cccc2cccc(S(=O)(=O)O)c12. The molecule has 2 rings (SSSR count). The lowest BCUT2D eigenvalue weighted by Gasteiger charge is -2.11. The van der Waals surface area contributed by atoms with Crippen LogP contribution < -0.4 is 5.32 Å². The van der Waals surface area contributed by atoms with Crippen molar-refractivity contribution in [3.05, 3.63) is 36.4 Å². The zero-order valence-corrected chi connectivity index (χ0v) is 12.5. The highest BCUT2D eigenvalue weighted by molar-refractivity contribution is 7.86. The Morgan fingerprint density at radius 3 is 2.48 bits per heavy atom. The molecule has 0 spiro atoms. The van der Waals surface area contributed by atoms with Crippen LogP contribution in [0.1, 0.15) is 26.2 Å². The lowest BCUT2D eigenvalue weighted by Crippen LogP contribution is -2.12. The predicted molar refractivity (Wildman–Crippen MR) is 81.9 cm³/mol. The molecule has 0 saturated carbocycles. The first-order valence-electron chi connectivity index (χ1n) is 6.72. The summed E-state index contributed by atoms with van der Waals surface area (Å²) in [5.74, 6) is -0.172. The summed E-state index contributed by atoms with van der Waals surface area (Å²) in [5.41, 5.74) is 0.391. The average molecular weight is 307 g/mol. The Balaban J connectivity index is 2.52. The molecular weight excluding hydrogens is 290 g/mol. The number of nitrogens with one attached hydrogen (secondary N) is 1. The van der Waals surface area contributed by atoms with Crippen LogP contribution in [0, 0.1) is 0 Å². The molecule has 21 heavy (non-hydrogen) atoms. The molecule has 112 valence electrons. The Kier molecular flexibility index (Phi) is 4.59. The van der Waals surface area contributed by atoms with Crippen molar-refractivity contribution in [2.45, 2.75) is 31.1 Å². The standard InChI is InChI=1S/C15H17NO4S/c1-2-3-10-14(17)16-12-8-4-6-11-7-5-9-13(15(11)12)21(18,19)20/h4-9H,2-3,10H2,1H3,(H,16,17)(H,18,19,20). The Morgan fingerprint density at radius 1 is 1.19 bits per heavy atom. The molecule has 0 aliphatic rings. The molecule has 0 saturated heterocycles. The molecule has 2 N–H and O–H groups in total. The van der Waals surface area contributed by atoms with Gasteiger partial charge in [0, 0.05) is 17.5 Å².